The zero-order valence-electron chi connectivity index (χ0n) is 11.1. The molecule has 0 amide bonds. The van der Waals surface area contributed by atoms with Gasteiger partial charge in [-0.3, -0.25) is 0 Å². The molecule has 2 nitrogen and oxygen atoms in total. The van der Waals surface area contributed by atoms with Gasteiger partial charge in [0, 0.05) is 6.08 Å². The smallest absolute Gasteiger partial charge is 0.330 e. The lowest BCUT2D eigenvalue weighted by Gasteiger charge is -2.03. The molecule has 0 aliphatic rings. The first kappa shape index (κ1) is 16.2. The number of hydrogen-bond acceptors (Lipinski definition) is 2. The van der Waals surface area contributed by atoms with Gasteiger partial charge >= 0.3 is 5.97 Å². The fourth-order valence-corrected chi connectivity index (χ4v) is 1.75. The van der Waals surface area contributed by atoms with Crippen LogP contribution in [-0.4, -0.2) is 12.6 Å². The minimum Gasteiger partial charge on any atom is -0.463 e. The quantitative estimate of drug-likeness (QED) is 0.286. The molecule has 0 spiro atoms. The Kier molecular flexibility index (Phi) is 12.7. The average Bonchev–Trinajstić information content (AvgIpc) is 2.35. The van der Waals surface area contributed by atoms with Gasteiger partial charge in [-0.15, -0.1) is 0 Å². The monoisotopic (exact) mass is 239 g/mol. The lowest BCUT2D eigenvalue weighted by atomic mass is 10.1. The van der Waals surface area contributed by atoms with Gasteiger partial charge < -0.3 is 4.74 Å². The largest absolute Gasteiger partial charge is 0.463 e. The van der Waals surface area contributed by atoms with Crippen LogP contribution in [0, 0.1) is 6.92 Å². The molecule has 0 atom stereocenters. The van der Waals surface area contributed by atoms with Crippen molar-refractivity contribution >= 4 is 5.97 Å². The minimum absolute atomic E-state index is 0.310. The molecular formula is C15H27O2. The van der Waals surface area contributed by atoms with Crippen LogP contribution in [0.25, 0.3) is 0 Å². The predicted molar refractivity (Wildman–Crippen MR) is 72.7 cm³/mol. The molecule has 0 aromatic carbocycles. The molecule has 0 unspecified atom stereocenters. The molecule has 0 aliphatic heterocycles. The Balaban J connectivity index is 2.98. The summed E-state index contributed by atoms with van der Waals surface area (Å²) in [5, 5.41) is 0. The van der Waals surface area contributed by atoms with E-state index in [0.29, 0.717) is 6.61 Å². The zero-order valence-corrected chi connectivity index (χ0v) is 11.1. The maximum Gasteiger partial charge on any atom is 0.330 e. The van der Waals surface area contributed by atoms with E-state index in [0.717, 1.165) is 19.3 Å². The van der Waals surface area contributed by atoms with Crippen molar-refractivity contribution in [2.75, 3.05) is 6.61 Å². The van der Waals surface area contributed by atoms with Gasteiger partial charge in [-0.2, -0.15) is 0 Å². The minimum atomic E-state index is -0.310. The van der Waals surface area contributed by atoms with Gasteiger partial charge in [0.15, 0.2) is 0 Å². The van der Waals surface area contributed by atoms with Crippen molar-refractivity contribution < 1.29 is 9.53 Å². The van der Waals surface area contributed by atoms with Gasteiger partial charge in [-0.1, -0.05) is 71.3 Å². The predicted octanol–water partition coefficient (Wildman–Crippen LogP) is 4.45. The fourth-order valence-electron chi connectivity index (χ4n) is 1.75. The van der Waals surface area contributed by atoms with E-state index in [2.05, 4.69) is 13.5 Å². The molecule has 99 valence electrons. The maximum absolute atomic E-state index is 10.7. The number of carbonyl (C=O) groups excluding carboxylic acids is 1. The molecule has 0 fully saturated rings. The summed E-state index contributed by atoms with van der Waals surface area (Å²) < 4.78 is 4.90. The molecule has 0 saturated carbocycles. The molecule has 17 heavy (non-hydrogen) atoms. The van der Waals surface area contributed by atoms with Gasteiger partial charge in [0.2, 0.25) is 0 Å². The number of hydrogen-bond donors (Lipinski definition) is 0. The Morgan fingerprint density at radius 3 is 1.82 bits per heavy atom. The fraction of sp³-hybridized carbons (Fsp3) is 0.733. The Morgan fingerprint density at radius 2 is 1.35 bits per heavy atom. The highest BCUT2D eigenvalue weighted by Gasteiger charge is 1.95. The molecule has 1 radical (unpaired) electrons. The van der Waals surface area contributed by atoms with Crippen LogP contribution in [0.15, 0.2) is 12.7 Å². The number of rotatable bonds is 12. The van der Waals surface area contributed by atoms with Crippen molar-refractivity contribution in [3.63, 3.8) is 0 Å². The third kappa shape index (κ3) is 13.1. The highest BCUT2D eigenvalue weighted by atomic mass is 16.5. The van der Waals surface area contributed by atoms with E-state index in [-0.39, 0.29) is 5.97 Å². The molecule has 0 aliphatic carbocycles. The maximum atomic E-state index is 10.7. The molecular weight excluding hydrogens is 212 g/mol. The average molecular weight is 239 g/mol. The van der Waals surface area contributed by atoms with E-state index in [1.165, 1.54) is 51.0 Å². The first-order valence-corrected chi connectivity index (χ1v) is 6.89. The van der Waals surface area contributed by atoms with Gasteiger partial charge in [0.1, 0.15) is 0 Å². The van der Waals surface area contributed by atoms with Crippen LogP contribution in [0.4, 0.5) is 0 Å². The van der Waals surface area contributed by atoms with Crippen molar-refractivity contribution in [3.05, 3.63) is 19.6 Å². The third-order valence-electron chi connectivity index (χ3n) is 2.81. The summed E-state index contributed by atoms with van der Waals surface area (Å²) in [4.78, 5) is 10.7. The normalized spacial score (nSPS) is 10.2. The second kappa shape index (κ2) is 13.3. The van der Waals surface area contributed by atoms with E-state index in [1.807, 2.05) is 0 Å². The van der Waals surface area contributed by atoms with Crippen LogP contribution >= 0.6 is 0 Å². The molecule has 0 saturated heterocycles. The van der Waals surface area contributed by atoms with Crippen molar-refractivity contribution in [2.45, 2.75) is 64.2 Å². The van der Waals surface area contributed by atoms with Gasteiger partial charge in [0.25, 0.3) is 0 Å². The van der Waals surface area contributed by atoms with E-state index in [4.69, 9.17) is 4.74 Å². The van der Waals surface area contributed by atoms with Crippen molar-refractivity contribution in [1.29, 1.82) is 0 Å². The summed E-state index contributed by atoms with van der Waals surface area (Å²) in [6, 6.07) is 0. The molecule has 0 aromatic heterocycles. The third-order valence-corrected chi connectivity index (χ3v) is 2.81. The van der Waals surface area contributed by atoms with E-state index in [9.17, 15) is 4.79 Å². The summed E-state index contributed by atoms with van der Waals surface area (Å²) in [6.07, 6.45) is 13.6. The first-order chi connectivity index (χ1) is 8.31. The topological polar surface area (TPSA) is 26.3 Å². The highest BCUT2D eigenvalue weighted by molar-refractivity contribution is 5.81. The van der Waals surface area contributed by atoms with Crippen LogP contribution in [0.5, 0.6) is 0 Å². The van der Waals surface area contributed by atoms with Crippen LogP contribution in [0.2, 0.25) is 0 Å². The van der Waals surface area contributed by atoms with E-state index in [1.54, 1.807) is 0 Å². The lowest BCUT2D eigenvalue weighted by Crippen LogP contribution is -2.01. The molecule has 2 heteroatoms. The Morgan fingerprint density at radius 1 is 0.882 bits per heavy atom. The van der Waals surface area contributed by atoms with Crippen LogP contribution < -0.4 is 0 Å². The molecule has 0 N–H and O–H groups in total. The number of ether oxygens (including phenoxy) is 1. The van der Waals surface area contributed by atoms with Gasteiger partial charge in [-0.25, -0.2) is 4.79 Å². The van der Waals surface area contributed by atoms with Crippen LogP contribution in [0.1, 0.15) is 64.2 Å². The van der Waals surface area contributed by atoms with Gasteiger partial charge in [0.05, 0.1) is 6.61 Å². The number of carbonyl (C=O) groups is 1. The summed E-state index contributed by atoms with van der Waals surface area (Å²) in [5.74, 6) is -0.310. The van der Waals surface area contributed by atoms with Crippen LogP contribution in [-0.2, 0) is 9.53 Å². The molecule has 0 bridgehead atoms. The zero-order chi connectivity index (χ0) is 12.8. The Hall–Kier alpha value is -0.790. The Labute approximate surface area is 106 Å². The van der Waals surface area contributed by atoms with E-state index < -0.39 is 0 Å². The second-order valence-corrected chi connectivity index (χ2v) is 4.41. The summed E-state index contributed by atoms with van der Waals surface area (Å²) in [5.41, 5.74) is 0. The van der Waals surface area contributed by atoms with Crippen molar-refractivity contribution in [1.82, 2.24) is 0 Å². The SMILES string of the molecule is [CH2]CCCCCCCCCCCOC(=O)C=C. The Bertz CT molecular complexity index is 187. The number of esters is 1. The molecule has 0 aromatic rings. The van der Waals surface area contributed by atoms with Crippen molar-refractivity contribution in [2.24, 2.45) is 0 Å². The second-order valence-electron chi connectivity index (χ2n) is 4.41. The standard InChI is InChI=1S/C15H27O2/c1-3-5-6-7-8-9-10-11-12-13-14-17-15(16)4-2/h4H,1-3,5-14H2. The lowest BCUT2D eigenvalue weighted by molar-refractivity contribution is -0.137. The van der Waals surface area contributed by atoms with E-state index >= 15 is 0 Å². The number of unbranched alkanes of at least 4 members (excludes halogenated alkanes) is 9. The highest BCUT2D eigenvalue weighted by Crippen LogP contribution is 2.10. The summed E-state index contributed by atoms with van der Waals surface area (Å²) >= 11 is 0. The molecule has 0 rings (SSSR count). The van der Waals surface area contributed by atoms with Gasteiger partial charge in [-0.05, 0) is 6.42 Å². The summed E-state index contributed by atoms with van der Waals surface area (Å²) in [7, 11) is 0. The van der Waals surface area contributed by atoms with Crippen molar-refractivity contribution in [3.8, 4) is 0 Å². The molecule has 0 heterocycles. The summed E-state index contributed by atoms with van der Waals surface area (Å²) in [6.45, 7) is 7.73. The van der Waals surface area contributed by atoms with Crippen LogP contribution in [0.3, 0.4) is 0 Å². The first-order valence-electron chi connectivity index (χ1n) is 6.89.